The van der Waals surface area contributed by atoms with Gasteiger partial charge in [0, 0.05) is 19.1 Å². The van der Waals surface area contributed by atoms with Crippen molar-refractivity contribution in [3.8, 4) is 0 Å². The first-order valence-corrected chi connectivity index (χ1v) is 8.44. The predicted octanol–water partition coefficient (Wildman–Crippen LogP) is 1.76. The monoisotopic (exact) mass is 281 g/mol. The molecule has 2 N–H and O–H groups in total. The Balaban J connectivity index is 1.88. The van der Waals surface area contributed by atoms with Crippen molar-refractivity contribution >= 4 is 5.91 Å². The number of carbonyl (C=O) groups excluding carboxylic acids is 1. The molecule has 2 aliphatic heterocycles. The van der Waals surface area contributed by atoms with Crippen molar-refractivity contribution in [1.29, 1.82) is 0 Å². The van der Waals surface area contributed by atoms with Gasteiger partial charge in [0.1, 0.15) is 0 Å². The summed E-state index contributed by atoms with van der Waals surface area (Å²) in [6, 6.07) is 0.397. The molecular weight excluding hydrogens is 250 g/mol. The molecule has 2 rings (SSSR count). The molecule has 0 spiro atoms. The van der Waals surface area contributed by atoms with Gasteiger partial charge in [0.2, 0.25) is 5.91 Å². The van der Waals surface area contributed by atoms with Crippen LogP contribution in [0, 0.1) is 5.41 Å². The maximum atomic E-state index is 12.8. The lowest BCUT2D eigenvalue weighted by Gasteiger charge is -2.39. The number of nitrogens with zero attached hydrogens (tertiary/aromatic N) is 1. The number of rotatable bonds is 5. The highest BCUT2D eigenvalue weighted by molar-refractivity contribution is 5.83. The van der Waals surface area contributed by atoms with Crippen molar-refractivity contribution in [2.45, 2.75) is 58.4 Å². The fraction of sp³-hybridized carbons (Fsp3) is 0.938. The molecule has 2 aliphatic rings. The van der Waals surface area contributed by atoms with Crippen molar-refractivity contribution in [3.05, 3.63) is 0 Å². The standard InChI is InChI=1S/C16H31N3O/c1-3-7-16(8-10-17-11-9-16)15(20)18-14-5-12-19(4-2)13-6-14/h14,17H,3-13H2,1-2H3,(H,18,20). The third kappa shape index (κ3) is 3.73. The van der Waals surface area contributed by atoms with Crippen LogP contribution in [0.4, 0.5) is 0 Å². The molecule has 2 heterocycles. The Morgan fingerprint density at radius 1 is 1.25 bits per heavy atom. The smallest absolute Gasteiger partial charge is 0.226 e. The SMILES string of the molecule is CCCC1(C(=O)NC2CCN(CC)CC2)CCNCC1. The molecule has 0 radical (unpaired) electrons. The van der Waals surface area contributed by atoms with E-state index in [4.69, 9.17) is 0 Å². The Morgan fingerprint density at radius 2 is 1.90 bits per heavy atom. The number of hydrogen-bond acceptors (Lipinski definition) is 3. The molecule has 0 aromatic heterocycles. The van der Waals surface area contributed by atoms with Crippen molar-refractivity contribution in [2.75, 3.05) is 32.7 Å². The fourth-order valence-corrected chi connectivity index (χ4v) is 3.71. The van der Waals surface area contributed by atoms with E-state index in [1.807, 2.05) is 0 Å². The molecular formula is C16H31N3O. The third-order valence-corrected chi connectivity index (χ3v) is 5.14. The van der Waals surface area contributed by atoms with Crippen LogP contribution in [0.25, 0.3) is 0 Å². The molecule has 116 valence electrons. The van der Waals surface area contributed by atoms with Crippen LogP contribution in [0.5, 0.6) is 0 Å². The van der Waals surface area contributed by atoms with Crippen LogP contribution in [0.15, 0.2) is 0 Å². The van der Waals surface area contributed by atoms with Crippen LogP contribution in [0.1, 0.15) is 52.4 Å². The third-order valence-electron chi connectivity index (χ3n) is 5.14. The topological polar surface area (TPSA) is 44.4 Å². The number of likely N-dealkylation sites (tertiary alicyclic amines) is 1. The van der Waals surface area contributed by atoms with Gasteiger partial charge in [-0.05, 0) is 51.7 Å². The summed E-state index contributed by atoms with van der Waals surface area (Å²) >= 11 is 0. The zero-order chi connectivity index (χ0) is 14.4. The Labute approximate surface area is 123 Å². The first-order chi connectivity index (χ1) is 9.70. The van der Waals surface area contributed by atoms with Crippen LogP contribution in [-0.2, 0) is 4.79 Å². The van der Waals surface area contributed by atoms with Gasteiger partial charge in [-0.25, -0.2) is 0 Å². The Hall–Kier alpha value is -0.610. The van der Waals surface area contributed by atoms with Gasteiger partial charge in [0.05, 0.1) is 5.41 Å². The quantitative estimate of drug-likeness (QED) is 0.807. The molecule has 2 saturated heterocycles. The summed E-state index contributed by atoms with van der Waals surface area (Å²) in [6.45, 7) is 9.77. The van der Waals surface area contributed by atoms with E-state index < -0.39 is 0 Å². The molecule has 4 heteroatoms. The molecule has 0 aliphatic carbocycles. The fourth-order valence-electron chi connectivity index (χ4n) is 3.71. The first-order valence-electron chi connectivity index (χ1n) is 8.44. The molecule has 0 aromatic carbocycles. The van der Waals surface area contributed by atoms with Crippen molar-refractivity contribution in [2.24, 2.45) is 5.41 Å². The van der Waals surface area contributed by atoms with E-state index >= 15 is 0 Å². The summed E-state index contributed by atoms with van der Waals surface area (Å²) in [7, 11) is 0. The van der Waals surface area contributed by atoms with Gasteiger partial charge < -0.3 is 15.5 Å². The molecule has 20 heavy (non-hydrogen) atoms. The Morgan fingerprint density at radius 3 is 2.45 bits per heavy atom. The largest absolute Gasteiger partial charge is 0.353 e. The highest BCUT2D eigenvalue weighted by Gasteiger charge is 2.39. The molecule has 0 bridgehead atoms. The normalized spacial score (nSPS) is 24.5. The van der Waals surface area contributed by atoms with E-state index in [1.54, 1.807) is 0 Å². The zero-order valence-corrected chi connectivity index (χ0v) is 13.2. The number of piperidine rings is 2. The number of amides is 1. The highest BCUT2D eigenvalue weighted by Crippen LogP contribution is 2.34. The van der Waals surface area contributed by atoms with E-state index in [0.717, 1.165) is 71.2 Å². The summed E-state index contributed by atoms with van der Waals surface area (Å²) in [4.78, 5) is 15.2. The molecule has 0 atom stereocenters. The highest BCUT2D eigenvalue weighted by atomic mass is 16.2. The summed E-state index contributed by atoms with van der Waals surface area (Å²) in [5.74, 6) is 0.329. The Bertz CT molecular complexity index is 299. The molecule has 0 saturated carbocycles. The van der Waals surface area contributed by atoms with Crippen molar-refractivity contribution in [3.63, 3.8) is 0 Å². The van der Waals surface area contributed by atoms with Crippen LogP contribution in [0.3, 0.4) is 0 Å². The average molecular weight is 281 g/mol. The number of hydrogen-bond donors (Lipinski definition) is 2. The van der Waals surface area contributed by atoms with Gasteiger partial charge in [-0.3, -0.25) is 4.79 Å². The molecule has 0 aromatic rings. The number of nitrogens with one attached hydrogen (secondary N) is 2. The summed E-state index contributed by atoms with van der Waals surface area (Å²) in [5, 5.41) is 6.75. The maximum absolute atomic E-state index is 12.8. The van der Waals surface area contributed by atoms with E-state index in [2.05, 4.69) is 29.4 Å². The van der Waals surface area contributed by atoms with Crippen LogP contribution in [-0.4, -0.2) is 49.6 Å². The summed E-state index contributed by atoms with van der Waals surface area (Å²) < 4.78 is 0. The van der Waals surface area contributed by atoms with Gasteiger partial charge in [-0.1, -0.05) is 20.3 Å². The van der Waals surface area contributed by atoms with E-state index in [-0.39, 0.29) is 5.41 Å². The lowest BCUT2D eigenvalue weighted by molar-refractivity contribution is -0.134. The zero-order valence-electron chi connectivity index (χ0n) is 13.2. The van der Waals surface area contributed by atoms with Crippen LogP contribution in [0.2, 0.25) is 0 Å². The summed E-state index contributed by atoms with van der Waals surface area (Å²) in [5.41, 5.74) is -0.0953. The van der Waals surface area contributed by atoms with Gasteiger partial charge in [0.15, 0.2) is 0 Å². The Kier molecular flexibility index (Phi) is 5.85. The van der Waals surface area contributed by atoms with Crippen LogP contribution < -0.4 is 10.6 Å². The van der Waals surface area contributed by atoms with Crippen molar-refractivity contribution < 1.29 is 4.79 Å². The molecule has 1 amide bonds. The lowest BCUT2D eigenvalue weighted by atomic mass is 9.74. The predicted molar refractivity (Wildman–Crippen MR) is 82.7 cm³/mol. The van der Waals surface area contributed by atoms with Gasteiger partial charge in [-0.2, -0.15) is 0 Å². The van der Waals surface area contributed by atoms with Crippen LogP contribution >= 0.6 is 0 Å². The minimum Gasteiger partial charge on any atom is -0.353 e. The maximum Gasteiger partial charge on any atom is 0.226 e. The molecule has 4 nitrogen and oxygen atoms in total. The molecule has 0 unspecified atom stereocenters. The second-order valence-electron chi connectivity index (χ2n) is 6.46. The van der Waals surface area contributed by atoms with Gasteiger partial charge in [0.25, 0.3) is 0 Å². The average Bonchev–Trinajstić information content (AvgIpc) is 2.49. The van der Waals surface area contributed by atoms with Crippen molar-refractivity contribution in [1.82, 2.24) is 15.5 Å². The minimum atomic E-state index is -0.0953. The van der Waals surface area contributed by atoms with E-state index in [9.17, 15) is 4.79 Å². The second kappa shape index (κ2) is 7.41. The minimum absolute atomic E-state index is 0.0953. The first kappa shape index (κ1) is 15.8. The molecule has 2 fully saturated rings. The summed E-state index contributed by atoms with van der Waals surface area (Å²) in [6.07, 6.45) is 6.36. The van der Waals surface area contributed by atoms with Gasteiger partial charge >= 0.3 is 0 Å². The van der Waals surface area contributed by atoms with E-state index in [1.165, 1.54) is 0 Å². The second-order valence-corrected chi connectivity index (χ2v) is 6.46. The van der Waals surface area contributed by atoms with Gasteiger partial charge in [-0.15, -0.1) is 0 Å². The lowest BCUT2D eigenvalue weighted by Crippen LogP contribution is -2.52. The van der Waals surface area contributed by atoms with E-state index in [0.29, 0.717) is 11.9 Å². The number of carbonyl (C=O) groups is 1.